The minimum atomic E-state index is -0.438. The molecule has 0 aliphatic carbocycles. The van der Waals surface area contributed by atoms with Crippen LogP contribution in [0.2, 0.25) is 0 Å². The lowest BCUT2D eigenvalue weighted by Gasteiger charge is -2.12. The van der Waals surface area contributed by atoms with Gasteiger partial charge in [-0.1, -0.05) is 0 Å². The van der Waals surface area contributed by atoms with E-state index in [1.165, 1.54) is 6.07 Å². The lowest BCUT2D eigenvalue weighted by atomic mass is 10.1. The van der Waals surface area contributed by atoms with Crippen molar-refractivity contribution in [1.82, 2.24) is 0 Å². The number of esters is 1. The standard InChI is InChI=1S/C13H16O4/c1-4-16-13(15)10-5-6-12(17-9(2)3)11(7-10)8-14/h5-9H,4H2,1-3H3. The van der Waals surface area contributed by atoms with Gasteiger partial charge in [0, 0.05) is 0 Å². The van der Waals surface area contributed by atoms with E-state index in [0.29, 0.717) is 29.8 Å². The van der Waals surface area contributed by atoms with Crippen molar-refractivity contribution < 1.29 is 19.1 Å². The normalized spacial score (nSPS) is 10.1. The van der Waals surface area contributed by atoms with Crippen molar-refractivity contribution in [3.05, 3.63) is 29.3 Å². The fourth-order valence-electron chi connectivity index (χ4n) is 1.34. The summed E-state index contributed by atoms with van der Waals surface area (Å²) in [5.41, 5.74) is 0.703. The molecule has 1 aromatic rings. The van der Waals surface area contributed by atoms with E-state index in [0.717, 1.165) is 0 Å². The summed E-state index contributed by atoms with van der Waals surface area (Å²) in [6.07, 6.45) is 0.641. The Morgan fingerprint density at radius 1 is 1.41 bits per heavy atom. The topological polar surface area (TPSA) is 52.6 Å². The highest BCUT2D eigenvalue weighted by atomic mass is 16.5. The zero-order valence-corrected chi connectivity index (χ0v) is 10.2. The first-order valence-electron chi connectivity index (χ1n) is 5.51. The van der Waals surface area contributed by atoms with Crippen LogP contribution in [-0.4, -0.2) is 25.0 Å². The summed E-state index contributed by atoms with van der Waals surface area (Å²) in [5, 5.41) is 0. The Morgan fingerprint density at radius 3 is 2.65 bits per heavy atom. The van der Waals surface area contributed by atoms with E-state index in [4.69, 9.17) is 9.47 Å². The van der Waals surface area contributed by atoms with Crippen molar-refractivity contribution in [2.24, 2.45) is 0 Å². The van der Waals surface area contributed by atoms with Gasteiger partial charge in [0.05, 0.1) is 23.8 Å². The molecule has 1 aromatic carbocycles. The van der Waals surface area contributed by atoms with Crippen LogP contribution in [0, 0.1) is 0 Å². The molecule has 0 spiro atoms. The van der Waals surface area contributed by atoms with E-state index >= 15 is 0 Å². The third-order valence-corrected chi connectivity index (χ3v) is 2.01. The molecule has 0 aromatic heterocycles. The van der Waals surface area contributed by atoms with Crippen molar-refractivity contribution in [2.45, 2.75) is 26.9 Å². The fraction of sp³-hybridized carbons (Fsp3) is 0.385. The van der Waals surface area contributed by atoms with Crippen LogP contribution >= 0.6 is 0 Å². The third kappa shape index (κ3) is 3.59. The van der Waals surface area contributed by atoms with E-state index in [1.807, 2.05) is 13.8 Å². The quantitative estimate of drug-likeness (QED) is 0.582. The van der Waals surface area contributed by atoms with E-state index in [-0.39, 0.29) is 6.10 Å². The van der Waals surface area contributed by atoms with Gasteiger partial charge in [-0.3, -0.25) is 4.79 Å². The highest BCUT2D eigenvalue weighted by Gasteiger charge is 2.11. The fourth-order valence-corrected chi connectivity index (χ4v) is 1.34. The van der Waals surface area contributed by atoms with Gasteiger partial charge in [-0.05, 0) is 39.0 Å². The second-order valence-corrected chi connectivity index (χ2v) is 3.76. The molecule has 4 nitrogen and oxygen atoms in total. The molecule has 0 radical (unpaired) electrons. The van der Waals surface area contributed by atoms with Gasteiger partial charge in [0.2, 0.25) is 0 Å². The van der Waals surface area contributed by atoms with Crippen LogP contribution in [0.15, 0.2) is 18.2 Å². The van der Waals surface area contributed by atoms with Gasteiger partial charge in [0.25, 0.3) is 0 Å². The molecular formula is C13H16O4. The number of hydrogen-bond donors (Lipinski definition) is 0. The lowest BCUT2D eigenvalue weighted by molar-refractivity contribution is 0.0526. The Bertz CT molecular complexity index is 410. The number of aldehydes is 1. The van der Waals surface area contributed by atoms with Crippen molar-refractivity contribution in [2.75, 3.05) is 6.61 Å². The Hall–Kier alpha value is -1.84. The molecule has 1 rings (SSSR count). The highest BCUT2D eigenvalue weighted by Crippen LogP contribution is 2.20. The summed E-state index contributed by atoms with van der Waals surface area (Å²) in [5.74, 6) is 0.0368. The predicted molar refractivity (Wildman–Crippen MR) is 63.6 cm³/mol. The molecule has 0 fully saturated rings. The monoisotopic (exact) mass is 236 g/mol. The second-order valence-electron chi connectivity index (χ2n) is 3.76. The Labute approximate surface area is 101 Å². The van der Waals surface area contributed by atoms with Crippen LogP contribution in [0.3, 0.4) is 0 Å². The summed E-state index contributed by atoms with van der Waals surface area (Å²) in [6.45, 7) is 5.77. The first-order chi connectivity index (χ1) is 8.08. The SMILES string of the molecule is CCOC(=O)c1ccc(OC(C)C)c(C=O)c1. The summed E-state index contributed by atoms with van der Waals surface area (Å²) >= 11 is 0. The predicted octanol–water partition coefficient (Wildman–Crippen LogP) is 2.46. The van der Waals surface area contributed by atoms with Crippen LogP contribution in [0.4, 0.5) is 0 Å². The highest BCUT2D eigenvalue weighted by molar-refractivity contribution is 5.92. The first-order valence-corrected chi connectivity index (χ1v) is 5.51. The molecule has 0 bridgehead atoms. The Morgan fingerprint density at radius 2 is 2.12 bits per heavy atom. The Kier molecular flexibility index (Phi) is 4.69. The van der Waals surface area contributed by atoms with Gasteiger partial charge in [-0.25, -0.2) is 4.79 Å². The number of benzene rings is 1. The average Bonchev–Trinajstić information content (AvgIpc) is 2.29. The largest absolute Gasteiger partial charge is 0.490 e. The molecule has 92 valence electrons. The molecular weight excluding hydrogens is 220 g/mol. The lowest BCUT2D eigenvalue weighted by Crippen LogP contribution is -2.09. The molecule has 0 aliphatic heterocycles. The molecule has 0 aliphatic rings. The minimum absolute atomic E-state index is 0.0258. The number of hydrogen-bond acceptors (Lipinski definition) is 4. The van der Waals surface area contributed by atoms with Gasteiger partial charge in [0.1, 0.15) is 5.75 Å². The molecule has 0 unspecified atom stereocenters. The van der Waals surface area contributed by atoms with Crippen molar-refractivity contribution in [1.29, 1.82) is 0 Å². The third-order valence-electron chi connectivity index (χ3n) is 2.01. The maximum atomic E-state index is 11.5. The molecule has 0 saturated heterocycles. The van der Waals surface area contributed by atoms with Crippen molar-refractivity contribution in [3.63, 3.8) is 0 Å². The average molecular weight is 236 g/mol. The molecule has 0 N–H and O–H groups in total. The summed E-state index contributed by atoms with van der Waals surface area (Å²) < 4.78 is 10.3. The molecule has 0 saturated carbocycles. The van der Waals surface area contributed by atoms with Crippen LogP contribution in [0.5, 0.6) is 5.75 Å². The maximum Gasteiger partial charge on any atom is 0.338 e. The molecule has 0 atom stereocenters. The van der Waals surface area contributed by atoms with E-state index in [2.05, 4.69) is 0 Å². The second kappa shape index (κ2) is 6.03. The molecule has 0 heterocycles. The van der Waals surface area contributed by atoms with E-state index < -0.39 is 5.97 Å². The van der Waals surface area contributed by atoms with E-state index in [9.17, 15) is 9.59 Å². The molecule has 4 heteroatoms. The minimum Gasteiger partial charge on any atom is -0.490 e. The number of rotatable bonds is 5. The van der Waals surface area contributed by atoms with Gasteiger partial charge in [-0.2, -0.15) is 0 Å². The number of carbonyl (C=O) groups is 2. The summed E-state index contributed by atoms with van der Waals surface area (Å²) in [6, 6.07) is 4.67. The Balaban J connectivity index is 2.99. The van der Waals surface area contributed by atoms with Gasteiger partial charge in [-0.15, -0.1) is 0 Å². The van der Waals surface area contributed by atoms with E-state index in [1.54, 1.807) is 19.1 Å². The smallest absolute Gasteiger partial charge is 0.338 e. The van der Waals surface area contributed by atoms with Crippen LogP contribution in [0.1, 0.15) is 41.5 Å². The summed E-state index contributed by atoms with van der Waals surface area (Å²) in [4.78, 5) is 22.4. The zero-order valence-electron chi connectivity index (χ0n) is 10.2. The zero-order chi connectivity index (χ0) is 12.8. The van der Waals surface area contributed by atoms with Crippen LogP contribution in [-0.2, 0) is 4.74 Å². The van der Waals surface area contributed by atoms with Gasteiger partial charge < -0.3 is 9.47 Å². The molecule has 0 amide bonds. The van der Waals surface area contributed by atoms with Crippen LogP contribution < -0.4 is 4.74 Å². The number of ether oxygens (including phenoxy) is 2. The molecule has 17 heavy (non-hydrogen) atoms. The van der Waals surface area contributed by atoms with Crippen molar-refractivity contribution >= 4 is 12.3 Å². The maximum absolute atomic E-state index is 11.5. The van der Waals surface area contributed by atoms with Crippen LogP contribution in [0.25, 0.3) is 0 Å². The number of carbonyl (C=O) groups excluding carboxylic acids is 2. The first kappa shape index (κ1) is 13.2. The van der Waals surface area contributed by atoms with Gasteiger partial charge >= 0.3 is 5.97 Å². The van der Waals surface area contributed by atoms with Crippen molar-refractivity contribution in [3.8, 4) is 5.75 Å². The van der Waals surface area contributed by atoms with Gasteiger partial charge in [0.15, 0.2) is 6.29 Å². The summed E-state index contributed by atoms with van der Waals surface area (Å²) in [7, 11) is 0.